The molecule has 0 unspecified atom stereocenters. The quantitative estimate of drug-likeness (QED) is 0.418. The average molecular weight is 281 g/mol. The minimum absolute atomic E-state index is 0.0431. The van der Waals surface area contributed by atoms with E-state index in [1.165, 1.54) is 0 Å². The summed E-state index contributed by atoms with van der Waals surface area (Å²) in [7, 11) is -1.40. The highest BCUT2D eigenvalue weighted by Gasteiger charge is 2.53. The Hall–Kier alpha value is -0.953. The van der Waals surface area contributed by atoms with Gasteiger partial charge in [0.05, 0.1) is 6.04 Å². The summed E-state index contributed by atoms with van der Waals surface area (Å²) in [4.78, 5) is 13.9. The maximum atomic E-state index is 12.1. The Kier molecular flexibility index (Phi) is 4.41. The lowest BCUT2D eigenvalue weighted by molar-refractivity contribution is 0.0392. The normalized spacial score (nSPS) is 22.9. The molecule has 0 aromatic heterocycles. The molecule has 108 valence electrons. The maximum absolute atomic E-state index is 12.1. The summed E-state index contributed by atoms with van der Waals surface area (Å²) in [6, 6.07) is 0.250. The second-order valence-corrected chi connectivity index (χ2v) is 12.3. The van der Waals surface area contributed by atoms with Crippen LogP contribution < -0.4 is 0 Å². The summed E-state index contributed by atoms with van der Waals surface area (Å²) in [6.07, 6.45) is -0.235. The molecule has 0 aromatic carbocycles. The van der Waals surface area contributed by atoms with E-state index in [0.29, 0.717) is 5.92 Å². The molecule has 4 heteroatoms. The standard InChI is InChI=1S/C15H27NO2Si/c1-11(2)13-12(9-10-19(6,7)8)16(13)14(17)18-15(3,4)5/h11-13H,1-8H3/t12-,13+,16?/m1/s1. The van der Waals surface area contributed by atoms with E-state index in [2.05, 4.69) is 45.0 Å². The van der Waals surface area contributed by atoms with Crippen LogP contribution in [0.3, 0.4) is 0 Å². The Morgan fingerprint density at radius 2 is 1.79 bits per heavy atom. The van der Waals surface area contributed by atoms with Gasteiger partial charge in [-0.05, 0) is 26.7 Å². The summed E-state index contributed by atoms with van der Waals surface area (Å²) in [6.45, 7) is 16.6. The number of ether oxygens (including phenoxy) is 1. The molecule has 3 nitrogen and oxygen atoms in total. The van der Waals surface area contributed by atoms with Crippen LogP contribution in [0.1, 0.15) is 34.6 Å². The van der Waals surface area contributed by atoms with Gasteiger partial charge in [-0.15, -0.1) is 5.54 Å². The van der Waals surface area contributed by atoms with Crippen molar-refractivity contribution in [2.75, 3.05) is 0 Å². The molecule has 1 heterocycles. The fourth-order valence-corrected chi connectivity index (χ4v) is 2.51. The predicted octanol–water partition coefficient (Wildman–Crippen LogP) is 3.51. The predicted molar refractivity (Wildman–Crippen MR) is 81.6 cm³/mol. The summed E-state index contributed by atoms with van der Waals surface area (Å²) in [5.41, 5.74) is 2.91. The van der Waals surface area contributed by atoms with Crippen LogP contribution >= 0.6 is 0 Å². The van der Waals surface area contributed by atoms with Crippen molar-refractivity contribution in [1.82, 2.24) is 4.90 Å². The van der Waals surface area contributed by atoms with Gasteiger partial charge in [-0.2, -0.15) is 0 Å². The molecule has 1 rings (SSSR count). The van der Waals surface area contributed by atoms with Crippen molar-refractivity contribution in [3.8, 4) is 11.5 Å². The van der Waals surface area contributed by atoms with Crippen molar-refractivity contribution in [2.45, 2.75) is 71.9 Å². The summed E-state index contributed by atoms with van der Waals surface area (Å²) < 4.78 is 5.43. The molecule has 1 saturated heterocycles. The lowest BCUT2D eigenvalue weighted by atomic mass is 10.1. The number of hydrogen-bond acceptors (Lipinski definition) is 2. The molecule has 0 bridgehead atoms. The molecule has 0 saturated carbocycles. The first-order chi connectivity index (χ1) is 8.42. The molecule has 19 heavy (non-hydrogen) atoms. The van der Waals surface area contributed by atoms with Crippen LogP contribution in [0.5, 0.6) is 0 Å². The number of rotatable bonds is 1. The zero-order valence-electron chi connectivity index (χ0n) is 13.5. The lowest BCUT2D eigenvalue weighted by Gasteiger charge is -2.20. The van der Waals surface area contributed by atoms with Crippen LogP contribution in [0.25, 0.3) is 0 Å². The number of amides is 1. The van der Waals surface area contributed by atoms with Crippen LogP contribution in [0, 0.1) is 17.4 Å². The van der Waals surface area contributed by atoms with Crippen molar-refractivity contribution in [2.24, 2.45) is 5.92 Å². The third-order valence-corrected chi connectivity index (χ3v) is 3.63. The zero-order valence-corrected chi connectivity index (χ0v) is 14.5. The monoisotopic (exact) mass is 281 g/mol. The van der Waals surface area contributed by atoms with Crippen molar-refractivity contribution in [3.63, 3.8) is 0 Å². The molecule has 1 amide bonds. The van der Waals surface area contributed by atoms with E-state index >= 15 is 0 Å². The van der Waals surface area contributed by atoms with Crippen LogP contribution in [0.2, 0.25) is 19.6 Å². The number of nitrogens with zero attached hydrogens (tertiary/aromatic N) is 1. The summed E-state index contributed by atoms with van der Waals surface area (Å²) in [5.74, 6) is 3.69. The minimum Gasteiger partial charge on any atom is -0.444 e. The van der Waals surface area contributed by atoms with Gasteiger partial charge in [0.1, 0.15) is 19.7 Å². The highest BCUT2D eigenvalue weighted by molar-refractivity contribution is 6.83. The molecule has 0 aromatic rings. The first-order valence-electron chi connectivity index (χ1n) is 6.96. The van der Waals surface area contributed by atoms with Crippen LogP contribution in [0.4, 0.5) is 4.79 Å². The SMILES string of the molecule is CC(C)[C@H]1[C@@H](C#C[Si](C)(C)C)N1C(=O)OC(C)(C)C. The van der Waals surface area contributed by atoms with Crippen LogP contribution in [0.15, 0.2) is 0 Å². The molecule has 0 aliphatic carbocycles. The summed E-state index contributed by atoms with van der Waals surface area (Å²) >= 11 is 0. The van der Waals surface area contributed by atoms with Crippen molar-refractivity contribution in [1.29, 1.82) is 0 Å². The molecule has 2 atom stereocenters. The molecule has 1 aliphatic heterocycles. The van der Waals surface area contributed by atoms with Crippen molar-refractivity contribution >= 4 is 14.2 Å². The molecule has 0 spiro atoms. The Morgan fingerprint density at radius 3 is 2.16 bits per heavy atom. The van der Waals surface area contributed by atoms with Gasteiger partial charge >= 0.3 is 6.09 Å². The molecule has 0 N–H and O–H groups in total. The second kappa shape index (κ2) is 5.20. The number of carbonyl (C=O) groups excluding carboxylic acids is 1. The third kappa shape index (κ3) is 4.91. The third-order valence-electron chi connectivity index (χ3n) is 2.74. The minimum atomic E-state index is -1.40. The Morgan fingerprint density at radius 1 is 1.26 bits per heavy atom. The van der Waals surface area contributed by atoms with Gasteiger partial charge in [0.15, 0.2) is 0 Å². The van der Waals surface area contributed by atoms with Crippen molar-refractivity contribution in [3.05, 3.63) is 0 Å². The lowest BCUT2D eigenvalue weighted by Crippen LogP contribution is -2.29. The van der Waals surface area contributed by atoms with Crippen molar-refractivity contribution < 1.29 is 9.53 Å². The van der Waals surface area contributed by atoms with E-state index in [0.717, 1.165) is 0 Å². The van der Waals surface area contributed by atoms with E-state index in [4.69, 9.17) is 4.74 Å². The maximum Gasteiger partial charge on any atom is 0.411 e. The van der Waals surface area contributed by atoms with Gasteiger partial charge in [0.25, 0.3) is 0 Å². The molecular weight excluding hydrogens is 254 g/mol. The van der Waals surface area contributed by atoms with Gasteiger partial charge in [-0.25, -0.2) is 4.79 Å². The zero-order chi connectivity index (χ0) is 15.0. The molecular formula is C15H27NO2Si. The largest absolute Gasteiger partial charge is 0.444 e. The number of hydrogen-bond donors (Lipinski definition) is 0. The van der Waals surface area contributed by atoms with Gasteiger partial charge < -0.3 is 4.74 Å². The van der Waals surface area contributed by atoms with Crippen LogP contribution in [-0.4, -0.2) is 36.8 Å². The topological polar surface area (TPSA) is 29.3 Å². The van der Waals surface area contributed by atoms with E-state index in [1.54, 1.807) is 4.90 Å². The highest BCUT2D eigenvalue weighted by atomic mass is 28.3. The number of carbonyl (C=O) groups is 1. The van der Waals surface area contributed by atoms with Gasteiger partial charge in [0, 0.05) is 0 Å². The molecule has 0 radical (unpaired) electrons. The fourth-order valence-electron chi connectivity index (χ4n) is 1.93. The van der Waals surface area contributed by atoms with Gasteiger partial charge in [-0.1, -0.05) is 39.4 Å². The Bertz CT molecular complexity index is 407. The Labute approximate surface area is 118 Å². The first kappa shape index (κ1) is 16.1. The smallest absolute Gasteiger partial charge is 0.411 e. The first-order valence-corrected chi connectivity index (χ1v) is 10.5. The van der Waals surface area contributed by atoms with E-state index in [1.807, 2.05) is 20.8 Å². The summed E-state index contributed by atoms with van der Waals surface area (Å²) in [5, 5.41) is 0. The van der Waals surface area contributed by atoms with E-state index in [-0.39, 0.29) is 18.2 Å². The van der Waals surface area contributed by atoms with E-state index in [9.17, 15) is 4.79 Å². The van der Waals surface area contributed by atoms with Gasteiger partial charge in [-0.3, -0.25) is 4.90 Å². The van der Waals surface area contributed by atoms with E-state index < -0.39 is 13.7 Å². The molecule has 1 aliphatic rings. The van der Waals surface area contributed by atoms with Gasteiger partial charge in [0.2, 0.25) is 0 Å². The average Bonchev–Trinajstić information content (AvgIpc) is 2.84. The second-order valence-electron chi connectivity index (χ2n) is 7.59. The highest BCUT2D eigenvalue weighted by Crippen LogP contribution is 2.35. The fraction of sp³-hybridized carbons (Fsp3) is 0.800. The molecule has 1 fully saturated rings. The Balaban J connectivity index is 2.77. The van der Waals surface area contributed by atoms with Crippen LogP contribution in [-0.2, 0) is 4.74 Å².